The predicted molar refractivity (Wildman–Crippen MR) is 74.4 cm³/mol. The molecular weight excluding hydrogens is 295 g/mol. The van der Waals surface area contributed by atoms with E-state index in [0.29, 0.717) is 27.3 Å². The third-order valence-electron chi connectivity index (χ3n) is 2.05. The molecule has 0 spiro atoms. The van der Waals surface area contributed by atoms with E-state index in [1.807, 2.05) is 0 Å². The summed E-state index contributed by atoms with van der Waals surface area (Å²) < 4.78 is 4.75. The average molecular weight is 309 g/mol. The van der Waals surface area contributed by atoms with E-state index in [1.165, 1.54) is 11.8 Å². The maximum absolute atomic E-state index is 11.2. The van der Waals surface area contributed by atoms with E-state index < -0.39 is 12.1 Å². The van der Waals surface area contributed by atoms with Gasteiger partial charge in [-0.1, -0.05) is 29.3 Å². The first-order chi connectivity index (χ1) is 8.54. The molecule has 18 heavy (non-hydrogen) atoms. The topological polar surface area (TPSA) is 46.5 Å². The molecule has 0 saturated carbocycles. The van der Waals surface area contributed by atoms with Crippen LogP contribution in [0, 0.1) is 0 Å². The Morgan fingerprint density at radius 3 is 2.61 bits per heavy atom. The molecule has 6 heteroatoms. The molecule has 100 valence electrons. The zero-order valence-corrected chi connectivity index (χ0v) is 12.2. The van der Waals surface area contributed by atoms with E-state index in [-0.39, 0.29) is 6.42 Å². The minimum absolute atomic E-state index is 0.0249. The first-order valence-corrected chi connectivity index (χ1v) is 7.19. The summed E-state index contributed by atoms with van der Waals surface area (Å²) >= 11 is 13.3. The van der Waals surface area contributed by atoms with Crippen LogP contribution in [0.2, 0.25) is 10.0 Å². The summed E-state index contributed by atoms with van der Waals surface area (Å²) in [5.41, 5.74) is 0. The SMILES string of the molecule is CCOC(=O)CC(O)CSc1c(Cl)cccc1Cl. The highest BCUT2D eigenvalue weighted by Crippen LogP contribution is 2.34. The Balaban J connectivity index is 2.47. The number of thioether (sulfide) groups is 1. The van der Waals surface area contributed by atoms with Crippen molar-refractivity contribution >= 4 is 40.9 Å². The average Bonchev–Trinajstić information content (AvgIpc) is 2.28. The van der Waals surface area contributed by atoms with Gasteiger partial charge in [0, 0.05) is 10.6 Å². The Labute approximate surface area is 120 Å². The van der Waals surface area contributed by atoms with E-state index in [9.17, 15) is 9.90 Å². The van der Waals surface area contributed by atoms with E-state index in [2.05, 4.69) is 0 Å². The minimum Gasteiger partial charge on any atom is -0.466 e. The van der Waals surface area contributed by atoms with E-state index >= 15 is 0 Å². The quantitative estimate of drug-likeness (QED) is 0.646. The highest BCUT2D eigenvalue weighted by molar-refractivity contribution is 7.99. The molecule has 0 aromatic heterocycles. The fraction of sp³-hybridized carbons (Fsp3) is 0.417. The molecule has 1 N–H and O–H groups in total. The van der Waals surface area contributed by atoms with Gasteiger partial charge in [-0.25, -0.2) is 0 Å². The maximum Gasteiger partial charge on any atom is 0.308 e. The van der Waals surface area contributed by atoms with Crippen LogP contribution in [-0.2, 0) is 9.53 Å². The van der Waals surface area contributed by atoms with E-state index in [1.54, 1.807) is 25.1 Å². The Kier molecular flexibility index (Phi) is 6.86. The summed E-state index contributed by atoms with van der Waals surface area (Å²) in [4.78, 5) is 11.9. The van der Waals surface area contributed by atoms with E-state index in [4.69, 9.17) is 27.9 Å². The van der Waals surface area contributed by atoms with Crippen LogP contribution in [0.5, 0.6) is 0 Å². The number of ether oxygens (including phenoxy) is 1. The fourth-order valence-corrected chi connectivity index (χ4v) is 2.88. The first-order valence-electron chi connectivity index (χ1n) is 5.45. The molecule has 0 bridgehead atoms. The van der Waals surface area contributed by atoms with Gasteiger partial charge in [-0.05, 0) is 19.1 Å². The normalized spacial score (nSPS) is 12.2. The lowest BCUT2D eigenvalue weighted by Crippen LogP contribution is -2.17. The van der Waals surface area contributed by atoms with Gasteiger partial charge in [0.05, 0.1) is 29.2 Å². The molecule has 1 atom stereocenters. The number of benzene rings is 1. The van der Waals surface area contributed by atoms with Crippen molar-refractivity contribution in [2.75, 3.05) is 12.4 Å². The van der Waals surface area contributed by atoms with Crippen LogP contribution < -0.4 is 0 Å². The van der Waals surface area contributed by atoms with Crippen LogP contribution in [0.4, 0.5) is 0 Å². The van der Waals surface area contributed by atoms with Gasteiger partial charge in [-0.2, -0.15) is 0 Å². The molecule has 1 aromatic rings. The predicted octanol–water partition coefficient (Wildman–Crippen LogP) is 3.40. The van der Waals surface area contributed by atoms with Gasteiger partial charge in [0.1, 0.15) is 0 Å². The van der Waals surface area contributed by atoms with Crippen LogP contribution in [0.1, 0.15) is 13.3 Å². The number of carbonyl (C=O) groups excluding carboxylic acids is 1. The largest absolute Gasteiger partial charge is 0.466 e. The van der Waals surface area contributed by atoms with Crippen LogP contribution in [0.3, 0.4) is 0 Å². The van der Waals surface area contributed by atoms with Crippen molar-refractivity contribution in [2.45, 2.75) is 24.3 Å². The second-order valence-electron chi connectivity index (χ2n) is 3.52. The summed E-state index contributed by atoms with van der Waals surface area (Å²) in [6.07, 6.45) is -0.801. The van der Waals surface area contributed by atoms with Crippen LogP contribution in [0.25, 0.3) is 0 Å². The molecule has 0 radical (unpaired) electrons. The Bertz CT molecular complexity index is 392. The standard InChI is InChI=1S/C12H14Cl2O3S/c1-2-17-11(16)6-8(15)7-18-12-9(13)4-3-5-10(12)14/h3-5,8,15H,2,6-7H2,1H3. The molecule has 0 fully saturated rings. The summed E-state index contributed by atoms with van der Waals surface area (Å²) in [5, 5.41) is 10.8. The van der Waals surface area contributed by atoms with E-state index in [0.717, 1.165) is 0 Å². The smallest absolute Gasteiger partial charge is 0.308 e. The molecule has 3 nitrogen and oxygen atoms in total. The zero-order valence-electron chi connectivity index (χ0n) is 9.86. The van der Waals surface area contributed by atoms with Crippen molar-refractivity contribution in [3.63, 3.8) is 0 Å². The minimum atomic E-state index is -0.776. The lowest BCUT2D eigenvalue weighted by molar-refractivity contribution is -0.144. The highest BCUT2D eigenvalue weighted by atomic mass is 35.5. The number of aliphatic hydroxyl groups excluding tert-OH is 1. The monoisotopic (exact) mass is 308 g/mol. The number of rotatable bonds is 6. The van der Waals surface area contributed by atoms with Gasteiger partial charge in [0.25, 0.3) is 0 Å². The Morgan fingerprint density at radius 1 is 1.44 bits per heavy atom. The van der Waals surface area contributed by atoms with Crippen molar-refractivity contribution in [1.29, 1.82) is 0 Å². The molecule has 0 aliphatic carbocycles. The number of halogens is 2. The number of hydrogen-bond donors (Lipinski definition) is 1. The maximum atomic E-state index is 11.2. The molecule has 0 amide bonds. The van der Waals surface area contributed by atoms with Crippen molar-refractivity contribution in [1.82, 2.24) is 0 Å². The molecule has 0 aliphatic heterocycles. The molecular formula is C12H14Cl2O3S. The molecule has 0 aliphatic rings. The van der Waals surface area contributed by atoms with Crippen molar-refractivity contribution < 1.29 is 14.6 Å². The van der Waals surface area contributed by atoms with Gasteiger partial charge in [0.2, 0.25) is 0 Å². The molecule has 0 saturated heterocycles. The molecule has 0 heterocycles. The highest BCUT2D eigenvalue weighted by Gasteiger charge is 2.14. The third-order valence-corrected chi connectivity index (χ3v) is 4.18. The van der Waals surface area contributed by atoms with Crippen molar-refractivity contribution in [3.05, 3.63) is 28.2 Å². The second kappa shape index (κ2) is 7.89. The van der Waals surface area contributed by atoms with Gasteiger partial charge in [-0.3, -0.25) is 4.79 Å². The molecule has 1 unspecified atom stereocenters. The van der Waals surface area contributed by atoms with Crippen LogP contribution in [-0.4, -0.2) is 29.5 Å². The Morgan fingerprint density at radius 2 is 2.06 bits per heavy atom. The number of aliphatic hydroxyl groups is 1. The number of esters is 1. The summed E-state index contributed by atoms with van der Waals surface area (Å²) in [6, 6.07) is 5.21. The number of carbonyl (C=O) groups is 1. The number of hydrogen-bond acceptors (Lipinski definition) is 4. The fourth-order valence-electron chi connectivity index (χ4n) is 1.27. The van der Waals surface area contributed by atoms with Gasteiger partial charge in [-0.15, -0.1) is 11.8 Å². The van der Waals surface area contributed by atoms with Crippen LogP contribution >= 0.6 is 35.0 Å². The van der Waals surface area contributed by atoms with Crippen molar-refractivity contribution in [3.8, 4) is 0 Å². The van der Waals surface area contributed by atoms with Crippen molar-refractivity contribution in [2.24, 2.45) is 0 Å². The zero-order chi connectivity index (χ0) is 13.5. The summed E-state index contributed by atoms with van der Waals surface area (Å²) in [6.45, 7) is 2.04. The summed E-state index contributed by atoms with van der Waals surface area (Å²) in [7, 11) is 0. The van der Waals surface area contributed by atoms with Gasteiger partial charge < -0.3 is 9.84 Å². The Hall–Kier alpha value is -0.420. The molecule has 1 aromatic carbocycles. The van der Waals surface area contributed by atoms with Gasteiger partial charge in [0.15, 0.2) is 0 Å². The third kappa shape index (κ3) is 5.06. The van der Waals surface area contributed by atoms with Gasteiger partial charge >= 0.3 is 5.97 Å². The lowest BCUT2D eigenvalue weighted by atomic mass is 10.3. The second-order valence-corrected chi connectivity index (χ2v) is 5.37. The van der Waals surface area contributed by atoms with Crippen LogP contribution in [0.15, 0.2) is 23.1 Å². The summed E-state index contributed by atoms with van der Waals surface area (Å²) in [5.74, 6) is -0.0710. The first kappa shape index (κ1) is 15.6. The molecule has 1 rings (SSSR count). The lowest BCUT2D eigenvalue weighted by Gasteiger charge is -2.11.